The standard InChI is InChI=1S/C13H15FO/c1-10(15)11-5-4-6-12(9-11)13(14)7-2-3-8-13/h4-6,9H,2-3,7-8H2,1H3. The monoisotopic (exact) mass is 206 g/mol. The van der Waals surface area contributed by atoms with Crippen molar-refractivity contribution in [3.8, 4) is 0 Å². The van der Waals surface area contributed by atoms with E-state index in [1.165, 1.54) is 6.92 Å². The van der Waals surface area contributed by atoms with Crippen LogP contribution in [0.5, 0.6) is 0 Å². The minimum absolute atomic E-state index is 0.00144. The molecular weight excluding hydrogens is 191 g/mol. The first-order chi connectivity index (χ1) is 7.12. The van der Waals surface area contributed by atoms with Crippen LogP contribution in [0.1, 0.15) is 48.5 Å². The third-order valence-electron chi connectivity index (χ3n) is 3.18. The number of hydrogen-bond acceptors (Lipinski definition) is 1. The molecule has 0 amide bonds. The van der Waals surface area contributed by atoms with Gasteiger partial charge in [0.1, 0.15) is 5.67 Å². The molecule has 15 heavy (non-hydrogen) atoms. The fraction of sp³-hybridized carbons (Fsp3) is 0.462. The van der Waals surface area contributed by atoms with Crippen molar-refractivity contribution in [3.05, 3.63) is 35.4 Å². The Morgan fingerprint density at radius 2 is 2.00 bits per heavy atom. The van der Waals surface area contributed by atoms with E-state index in [9.17, 15) is 9.18 Å². The molecule has 1 aromatic carbocycles. The number of ketones is 1. The molecule has 2 heteroatoms. The maximum absolute atomic E-state index is 14.4. The SMILES string of the molecule is CC(=O)c1cccc(C2(F)CCCC2)c1. The first kappa shape index (κ1) is 10.3. The summed E-state index contributed by atoms with van der Waals surface area (Å²) in [5, 5.41) is 0. The maximum Gasteiger partial charge on any atom is 0.159 e. The molecule has 1 nitrogen and oxygen atoms in total. The zero-order valence-corrected chi connectivity index (χ0v) is 8.92. The second kappa shape index (κ2) is 3.76. The molecule has 0 aliphatic heterocycles. The zero-order valence-electron chi connectivity index (χ0n) is 8.92. The van der Waals surface area contributed by atoms with Crippen molar-refractivity contribution in [2.75, 3.05) is 0 Å². The van der Waals surface area contributed by atoms with Crippen molar-refractivity contribution < 1.29 is 9.18 Å². The van der Waals surface area contributed by atoms with E-state index in [-0.39, 0.29) is 5.78 Å². The van der Waals surface area contributed by atoms with E-state index in [0.29, 0.717) is 24.0 Å². The van der Waals surface area contributed by atoms with E-state index >= 15 is 0 Å². The Kier molecular flexibility index (Phi) is 2.59. The number of alkyl halides is 1. The average molecular weight is 206 g/mol. The zero-order chi connectivity index (χ0) is 10.9. The summed E-state index contributed by atoms with van der Waals surface area (Å²) in [6.45, 7) is 1.51. The average Bonchev–Trinajstić information content (AvgIpc) is 2.67. The molecule has 1 saturated carbocycles. The number of rotatable bonds is 2. The summed E-state index contributed by atoms with van der Waals surface area (Å²) in [6.07, 6.45) is 3.07. The van der Waals surface area contributed by atoms with Gasteiger partial charge in [0.25, 0.3) is 0 Å². The summed E-state index contributed by atoms with van der Waals surface area (Å²) >= 11 is 0. The maximum atomic E-state index is 14.4. The Hall–Kier alpha value is -1.18. The minimum atomic E-state index is -1.19. The lowest BCUT2D eigenvalue weighted by molar-refractivity contribution is 0.101. The quantitative estimate of drug-likeness (QED) is 0.675. The Balaban J connectivity index is 2.36. The van der Waals surface area contributed by atoms with E-state index in [1.54, 1.807) is 24.3 Å². The van der Waals surface area contributed by atoms with Crippen molar-refractivity contribution in [2.45, 2.75) is 38.3 Å². The number of halogens is 1. The molecule has 0 heterocycles. The second-order valence-electron chi connectivity index (χ2n) is 4.31. The van der Waals surface area contributed by atoms with E-state index in [1.807, 2.05) is 0 Å². The summed E-state index contributed by atoms with van der Waals surface area (Å²) in [7, 11) is 0. The molecule has 0 unspecified atom stereocenters. The predicted octanol–water partition coefficient (Wildman–Crippen LogP) is 3.63. The van der Waals surface area contributed by atoms with Gasteiger partial charge in [-0.25, -0.2) is 4.39 Å². The third-order valence-corrected chi connectivity index (χ3v) is 3.18. The molecule has 0 N–H and O–H groups in total. The van der Waals surface area contributed by atoms with Crippen LogP contribution in [0.2, 0.25) is 0 Å². The number of carbonyl (C=O) groups is 1. The normalized spacial score (nSPS) is 19.1. The highest BCUT2D eigenvalue weighted by Crippen LogP contribution is 2.42. The minimum Gasteiger partial charge on any atom is -0.295 e. The topological polar surface area (TPSA) is 17.1 Å². The Morgan fingerprint density at radius 1 is 1.33 bits per heavy atom. The molecule has 80 valence electrons. The first-order valence-corrected chi connectivity index (χ1v) is 5.42. The van der Waals surface area contributed by atoms with Crippen LogP contribution in [0.3, 0.4) is 0 Å². The molecule has 1 fully saturated rings. The summed E-state index contributed by atoms with van der Waals surface area (Å²) in [6, 6.07) is 7.00. The van der Waals surface area contributed by atoms with Gasteiger partial charge < -0.3 is 0 Å². The molecular formula is C13H15FO. The van der Waals surface area contributed by atoms with E-state index in [4.69, 9.17) is 0 Å². The number of carbonyl (C=O) groups excluding carboxylic acids is 1. The second-order valence-corrected chi connectivity index (χ2v) is 4.31. The van der Waals surface area contributed by atoms with Gasteiger partial charge >= 0.3 is 0 Å². The van der Waals surface area contributed by atoms with Crippen LogP contribution in [0.25, 0.3) is 0 Å². The van der Waals surface area contributed by atoms with E-state index in [0.717, 1.165) is 12.8 Å². The van der Waals surface area contributed by atoms with Gasteiger partial charge in [0.05, 0.1) is 0 Å². The highest BCUT2D eigenvalue weighted by atomic mass is 19.1. The lowest BCUT2D eigenvalue weighted by Gasteiger charge is -2.19. The van der Waals surface area contributed by atoms with Gasteiger partial charge in [-0.05, 0) is 44.2 Å². The van der Waals surface area contributed by atoms with Gasteiger partial charge in [0.15, 0.2) is 5.78 Å². The molecule has 1 aliphatic carbocycles. The Bertz CT molecular complexity index is 378. The van der Waals surface area contributed by atoms with Crippen LogP contribution in [-0.4, -0.2) is 5.78 Å². The summed E-state index contributed by atoms with van der Waals surface area (Å²) in [5.41, 5.74) is 0.0926. The van der Waals surface area contributed by atoms with E-state index in [2.05, 4.69) is 0 Å². The number of benzene rings is 1. The predicted molar refractivity (Wildman–Crippen MR) is 57.7 cm³/mol. The van der Waals surface area contributed by atoms with Crippen LogP contribution in [0.4, 0.5) is 4.39 Å². The smallest absolute Gasteiger partial charge is 0.159 e. The van der Waals surface area contributed by atoms with Crippen molar-refractivity contribution in [1.29, 1.82) is 0 Å². The highest BCUT2D eigenvalue weighted by molar-refractivity contribution is 5.94. The Labute approximate surface area is 89.3 Å². The van der Waals surface area contributed by atoms with Crippen molar-refractivity contribution in [2.24, 2.45) is 0 Å². The van der Waals surface area contributed by atoms with Gasteiger partial charge in [-0.3, -0.25) is 4.79 Å². The molecule has 1 aliphatic rings. The van der Waals surface area contributed by atoms with Crippen molar-refractivity contribution >= 4 is 5.78 Å². The molecule has 2 rings (SSSR count). The number of Topliss-reactive ketones (excluding diaryl/α,β-unsaturated/α-hetero) is 1. The van der Waals surface area contributed by atoms with Crippen LogP contribution < -0.4 is 0 Å². The van der Waals surface area contributed by atoms with Gasteiger partial charge in [-0.1, -0.05) is 18.2 Å². The largest absolute Gasteiger partial charge is 0.295 e. The van der Waals surface area contributed by atoms with Crippen molar-refractivity contribution in [1.82, 2.24) is 0 Å². The lowest BCUT2D eigenvalue weighted by Crippen LogP contribution is -2.15. The fourth-order valence-corrected chi connectivity index (χ4v) is 2.24. The molecule has 0 radical (unpaired) electrons. The molecule has 0 bridgehead atoms. The summed E-state index contributed by atoms with van der Waals surface area (Å²) < 4.78 is 14.4. The molecule has 0 atom stereocenters. The van der Waals surface area contributed by atoms with Gasteiger partial charge in [0, 0.05) is 5.56 Å². The molecule has 0 aromatic heterocycles. The Morgan fingerprint density at radius 3 is 2.60 bits per heavy atom. The van der Waals surface area contributed by atoms with Crippen LogP contribution in [-0.2, 0) is 5.67 Å². The van der Waals surface area contributed by atoms with Gasteiger partial charge in [-0.2, -0.15) is 0 Å². The lowest BCUT2D eigenvalue weighted by atomic mass is 9.92. The van der Waals surface area contributed by atoms with Crippen LogP contribution >= 0.6 is 0 Å². The summed E-state index contributed by atoms with van der Waals surface area (Å²) in [4.78, 5) is 11.2. The third kappa shape index (κ3) is 1.94. The van der Waals surface area contributed by atoms with Crippen LogP contribution in [0, 0.1) is 0 Å². The van der Waals surface area contributed by atoms with Crippen molar-refractivity contribution in [3.63, 3.8) is 0 Å². The first-order valence-electron chi connectivity index (χ1n) is 5.42. The fourth-order valence-electron chi connectivity index (χ4n) is 2.24. The highest BCUT2D eigenvalue weighted by Gasteiger charge is 2.35. The molecule has 0 spiro atoms. The van der Waals surface area contributed by atoms with E-state index < -0.39 is 5.67 Å². The van der Waals surface area contributed by atoms with Gasteiger partial charge in [0.2, 0.25) is 0 Å². The van der Waals surface area contributed by atoms with Gasteiger partial charge in [-0.15, -0.1) is 0 Å². The molecule has 0 saturated heterocycles. The molecule has 1 aromatic rings. The summed E-state index contributed by atoms with van der Waals surface area (Å²) in [5.74, 6) is -0.00144. The number of hydrogen-bond donors (Lipinski definition) is 0. The van der Waals surface area contributed by atoms with Crippen LogP contribution in [0.15, 0.2) is 24.3 Å².